The molecule has 0 aliphatic rings. The van der Waals surface area contributed by atoms with Crippen molar-refractivity contribution in [3.8, 4) is 0 Å². The molecule has 1 N–H and O–H groups in total. The summed E-state index contributed by atoms with van der Waals surface area (Å²) in [6, 6.07) is 23.4. The Morgan fingerprint density at radius 1 is 0.897 bits per heavy atom. The van der Waals surface area contributed by atoms with E-state index in [0.29, 0.717) is 18.7 Å². The van der Waals surface area contributed by atoms with Crippen LogP contribution in [0, 0.1) is 13.8 Å². The molecule has 0 spiro atoms. The van der Waals surface area contributed by atoms with Gasteiger partial charge in [0.15, 0.2) is 0 Å². The average molecular weight is 550 g/mol. The molecule has 0 saturated heterocycles. The fraction of sp³-hybridized carbons (Fsp3) is 0.355. The molecule has 3 rings (SSSR count). The first-order valence-corrected chi connectivity index (χ1v) is 15.1. The average Bonchev–Trinajstić information content (AvgIpc) is 2.91. The summed E-state index contributed by atoms with van der Waals surface area (Å²) in [5.74, 6) is -0.702. The molecule has 3 aromatic rings. The monoisotopic (exact) mass is 549 g/mol. The van der Waals surface area contributed by atoms with Crippen LogP contribution >= 0.6 is 0 Å². The van der Waals surface area contributed by atoms with Gasteiger partial charge in [-0.1, -0.05) is 85.6 Å². The molecule has 0 fully saturated rings. The largest absolute Gasteiger partial charge is 0.354 e. The molecule has 0 radical (unpaired) electrons. The minimum Gasteiger partial charge on any atom is -0.354 e. The molecular formula is C31H39N3O4S. The number of unbranched alkanes of at least 4 members (excludes halogenated alkanes) is 1. The van der Waals surface area contributed by atoms with Gasteiger partial charge in [0, 0.05) is 19.5 Å². The fourth-order valence-electron chi connectivity index (χ4n) is 4.36. The van der Waals surface area contributed by atoms with Crippen LogP contribution < -0.4 is 9.62 Å². The minimum atomic E-state index is -3.78. The van der Waals surface area contributed by atoms with Gasteiger partial charge in [-0.25, -0.2) is 8.42 Å². The molecule has 0 aliphatic carbocycles. The van der Waals surface area contributed by atoms with E-state index >= 15 is 0 Å². The van der Waals surface area contributed by atoms with Gasteiger partial charge < -0.3 is 10.2 Å². The van der Waals surface area contributed by atoms with E-state index in [0.717, 1.165) is 45.7 Å². The number of anilines is 1. The number of carbonyl (C=O) groups is 2. The lowest BCUT2D eigenvalue weighted by Crippen LogP contribution is -2.53. The summed E-state index contributed by atoms with van der Waals surface area (Å²) in [6.07, 6.45) is 3.14. The van der Waals surface area contributed by atoms with E-state index in [1.165, 1.54) is 4.90 Å². The summed E-state index contributed by atoms with van der Waals surface area (Å²) in [5, 5.41) is 3.00. The third kappa shape index (κ3) is 8.68. The second kappa shape index (κ2) is 13.9. The highest BCUT2D eigenvalue weighted by molar-refractivity contribution is 7.92. The molecule has 0 unspecified atom stereocenters. The lowest BCUT2D eigenvalue weighted by atomic mass is 10.0. The van der Waals surface area contributed by atoms with Gasteiger partial charge in [0.25, 0.3) is 0 Å². The van der Waals surface area contributed by atoms with E-state index in [1.807, 2.05) is 87.5 Å². The number of nitrogens with one attached hydrogen (secondary N) is 1. The third-order valence-electron chi connectivity index (χ3n) is 6.70. The Labute approximate surface area is 232 Å². The summed E-state index contributed by atoms with van der Waals surface area (Å²) in [5.41, 5.74) is 4.17. The predicted octanol–water partition coefficient (Wildman–Crippen LogP) is 4.63. The van der Waals surface area contributed by atoms with Crippen molar-refractivity contribution in [1.29, 1.82) is 0 Å². The van der Waals surface area contributed by atoms with Crippen molar-refractivity contribution in [2.75, 3.05) is 23.7 Å². The molecule has 0 saturated carbocycles. The van der Waals surface area contributed by atoms with E-state index in [9.17, 15) is 18.0 Å². The summed E-state index contributed by atoms with van der Waals surface area (Å²) < 4.78 is 26.8. The zero-order valence-electron chi connectivity index (χ0n) is 23.3. The topological polar surface area (TPSA) is 86.8 Å². The fourth-order valence-corrected chi connectivity index (χ4v) is 5.21. The van der Waals surface area contributed by atoms with Gasteiger partial charge in [-0.15, -0.1) is 0 Å². The van der Waals surface area contributed by atoms with Gasteiger partial charge >= 0.3 is 0 Å². The number of benzene rings is 3. The number of aryl methyl sites for hydroxylation is 2. The van der Waals surface area contributed by atoms with E-state index in [2.05, 4.69) is 5.32 Å². The normalized spacial score (nSPS) is 12.0. The van der Waals surface area contributed by atoms with Crippen LogP contribution in [0.5, 0.6) is 0 Å². The van der Waals surface area contributed by atoms with Crippen molar-refractivity contribution in [2.24, 2.45) is 0 Å². The molecule has 208 valence electrons. The van der Waals surface area contributed by atoms with Gasteiger partial charge in [-0.2, -0.15) is 0 Å². The molecule has 0 aliphatic heterocycles. The molecule has 8 heteroatoms. The van der Waals surface area contributed by atoms with Crippen molar-refractivity contribution >= 4 is 27.5 Å². The molecule has 0 aromatic heterocycles. The third-order valence-corrected chi connectivity index (χ3v) is 7.84. The van der Waals surface area contributed by atoms with Gasteiger partial charge in [-0.3, -0.25) is 13.9 Å². The lowest BCUT2D eigenvalue weighted by molar-refractivity contribution is -0.140. The van der Waals surface area contributed by atoms with E-state index in [4.69, 9.17) is 0 Å². The molecule has 7 nitrogen and oxygen atoms in total. The van der Waals surface area contributed by atoms with Crippen molar-refractivity contribution in [2.45, 2.75) is 52.6 Å². The van der Waals surface area contributed by atoms with Crippen molar-refractivity contribution < 1.29 is 18.0 Å². The van der Waals surface area contributed by atoms with Crippen LogP contribution in [-0.2, 0) is 32.6 Å². The predicted molar refractivity (Wildman–Crippen MR) is 157 cm³/mol. The molecule has 1 atom stereocenters. The number of nitrogens with zero attached hydrogens (tertiary/aromatic N) is 2. The Morgan fingerprint density at radius 2 is 1.54 bits per heavy atom. The smallest absolute Gasteiger partial charge is 0.244 e. The highest BCUT2D eigenvalue weighted by Crippen LogP contribution is 2.21. The molecule has 0 heterocycles. The zero-order valence-corrected chi connectivity index (χ0v) is 24.1. The Bertz CT molecular complexity index is 1340. The summed E-state index contributed by atoms with van der Waals surface area (Å²) in [7, 11) is -3.78. The zero-order chi connectivity index (χ0) is 28.4. The van der Waals surface area contributed by atoms with E-state index in [-0.39, 0.29) is 12.5 Å². The van der Waals surface area contributed by atoms with Gasteiger partial charge in [-0.05, 0) is 49.1 Å². The molecule has 3 aromatic carbocycles. The van der Waals surface area contributed by atoms with Crippen molar-refractivity contribution in [1.82, 2.24) is 10.2 Å². The highest BCUT2D eigenvalue weighted by Gasteiger charge is 2.33. The van der Waals surface area contributed by atoms with Crippen molar-refractivity contribution in [3.63, 3.8) is 0 Å². The molecule has 39 heavy (non-hydrogen) atoms. The van der Waals surface area contributed by atoms with Gasteiger partial charge in [0.2, 0.25) is 21.8 Å². The number of carbonyl (C=O) groups excluding carboxylic acids is 2. The summed E-state index contributed by atoms with van der Waals surface area (Å²) >= 11 is 0. The number of sulfonamides is 1. The Kier molecular flexibility index (Phi) is 10.7. The van der Waals surface area contributed by atoms with Crippen LogP contribution in [0.3, 0.4) is 0 Å². The van der Waals surface area contributed by atoms with E-state index < -0.39 is 28.5 Å². The SMILES string of the molecule is CCCCNC(=O)[C@H](Cc1ccccc1)N(Cc1ccccc1C)C(=O)CN(c1ccc(C)cc1)S(C)(=O)=O. The van der Waals surface area contributed by atoms with E-state index in [1.54, 1.807) is 12.1 Å². The highest BCUT2D eigenvalue weighted by atomic mass is 32.2. The Morgan fingerprint density at radius 3 is 2.15 bits per heavy atom. The summed E-state index contributed by atoms with van der Waals surface area (Å²) in [6.45, 7) is 6.19. The number of amides is 2. The van der Waals surface area contributed by atoms with Crippen molar-refractivity contribution in [3.05, 3.63) is 101 Å². The standard InChI is InChI=1S/C31H39N3O4S/c1-5-6-20-32-31(36)29(21-26-13-8-7-9-14-26)33(22-27-15-11-10-12-25(27)3)30(35)23-34(39(4,37)38)28-18-16-24(2)17-19-28/h7-19,29H,5-6,20-23H2,1-4H3,(H,32,36)/t29-/m0/s1. The Hall–Kier alpha value is -3.65. The molecule has 2 amide bonds. The van der Waals surface area contributed by atoms with Gasteiger partial charge in [0.05, 0.1) is 11.9 Å². The van der Waals surface area contributed by atoms with Gasteiger partial charge in [0.1, 0.15) is 12.6 Å². The minimum absolute atomic E-state index is 0.176. The first-order chi connectivity index (χ1) is 18.6. The van der Waals surface area contributed by atoms with Crippen LogP contribution in [-0.4, -0.2) is 50.5 Å². The van der Waals surface area contributed by atoms with Crippen LogP contribution in [0.15, 0.2) is 78.9 Å². The Balaban J connectivity index is 2.03. The van der Waals surface area contributed by atoms with Crippen LogP contribution in [0.25, 0.3) is 0 Å². The quantitative estimate of drug-likeness (QED) is 0.315. The molecular weight excluding hydrogens is 510 g/mol. The second-order valence-electron chi connectivity index (χ2n) is 9.90. The van der Waals surface area contributed by atoms with Crippen LogP contribution in [0.4, 0.5) is 5.69 Å². The van der Waals surface area contributed by atoms with Crippen LogP contribution in [0.1, 0.15) is 42.0 Å². The maximum Gasteiger partial charge on any atom is 0.244 e. The maximum atomic E-state index is 14.1. The maximum absolute atomic E-state index is 14.1. The number of rotatable bonds is 13. The van der Waals surface area contributed by atoms with Crippen LogP contribution in [0.2, 0.25) is 0 Å². The first kappa shape index (κ1) is 29.9. The summed E-state index contributed by atoms with van der Waals surface area (Å²) in [4.78, 5) is 29.2. The number of hydrogen-bond donors (Lipinski definition) is 1. The lowest BCUT2D eigenvalue weighted by Gasteiger charge is -2.34. The second-order valence-corrected chi connectivity index (χ2v) is 11.8. The number of hydrogen-bond acceptors (Lipinski definition) is 4. The first-order valence-electron chi connectivity index (χ1n) is 13.3. The molecule has 0 bridgehead atoms.